The van der Waals surface area contributed by atoms with E-state index in [2.05, 4.69) is 20.4 Å². The van der Waals surface area contributed by atoms with Gasteiger partial charge in [0.05, 0.1) is 18.7 Å². The van der Waals surface area contributed by atoms with Crippen LogP contribution in [-0.4, -0.2) is 50.6 Å². The number of halogens is 3. The highest BCUT2D eigenvalue weighted by Crippen LogP contribution is 2.31. The summed E-state index contributed by atoms with van der Waals surface area (Å²) in [5, 5.41) is 15.5. The normalized spacial score (nSPS) is 20.1. The first-order chi connectivity index (χ1) is 13.0. The van der Waals surface area contributed by atoms with Crippen LogP contribution in [0, 0.1) is 11.2 Å². The third-order valence-corrected chi connectivity index (χ3v) is 4.49. The van der Waals surface area contributed by atoms with Crippen molar-refractivity contribution in [2.45, 2.75) is 32.9 Å². The predicted octanol–water partition coefficient (Wildman–Crippen LogP) is 2.27. The van der Waals surface area contributed by atoms with E-state index in [4.69, 9.17) is 4.74 Å². The Balaban J connectivity index is 2.09. The molecule has 0 bridgehead atoms. The SMILES string of the molecule is CCNC(=NCc1c(F)cccc1OC(F)F)NCC1(CCO)CCOC1. The molecular weight excluding hydrogens is 363 g/mol. The Kier molecular flexibility index (Phi) is 8.18. The molecule has 2 rings (SSSR count). The molecular formula is C18H26F3N3O3. The van der Waals surface area contributed by atoms with Crippen LogP contribution in [0.1, 0.15) is 25.3 Å². The highest BCUT2D eigenvalue weighted by atomic mass is 19.3. The number of ether oxygens (including phenoxy) is 2. The molecule has 1 aliphatic heterocycles. The van der Waals surface area contributed by atoms with Crippen LogP contribution < -0.4 is 15.4 Å². The first kappa shape index (κ1) is 21.3. The van der Waals surface area contributed by atoms with Gasteiger partial charge in [-0.1, -0.05) is 6.07 Å². The number of aliphatic hydroxyl groups excluding tert-OH is 1. The van der Waals surface area contributed by atoms with Gasteiger partial charge >= 0.3 is 6.61 Å². The second kappa shape index (κ2) is 10.4. The summed E-state index contributed by atoms with van der Waals surface area (Å²) in [6.45, 7) is 1.02. The average Bonchev–Trinajstić information content (AvgIpc) is 3.07. The average molecular weight is 389 g/mol. The predicted molar refractivity (Wildman–Crippen MR) is 95.4 cm³/mol. The second-order valence-electron chi connectivity index (χ2n) is 6.42. The molecule has 1 aromatic rings. The Bertz CT molecular complexity index is 623. The minimum atomic E-state index is -3.04. The molecule has 0 aromatic heterocycles. The van der Waals surface area contributed by atoms with E-state index in [1.807, 2.05) is 6.92 Å². The van der Waals surface area contributed by atoms with Crippen molar-refractivity contribution in [3.8, 4) is 5.75 Å². The topological polar surface area (TPSA) is 75.1 Å². The zero-order chi connectivity index (χ0) is 19.7. The van der Waals surface area contributed by atoms with E-state index in [1.54, 1.807) is 0 Å². The molecule has 0 radical (unpaired) electrons. The third kappa shape index (κ3) is 6.28. The number of aliphatic imine (C=N–C) groups is 1. The minimum absolute atomic E-state index is 0.0377. The summed E-state index contributed by atoms with van der Waals surface area (Å²) in [6.07, 6.45) is 1.42. The minimum Gasteiger partial charge on any atom is -0.434 e. The lowest BCUT2D eigenvalue weighted by atomic mass is 9.84. The Hall–Kier alpha value is -2.00. The fourth-order valence-electron chi connectivity index (χ4n) is 2.98. The van der Waals surface area contributed by atoms with Crippen molar-refractivity contribution >= 4 is 5.96 Å². The number of nitrogens with one attached hydrogen (secondary N) is 2. The molecule has 1 atom stereocenters. The van der Waals surface area contributed by atoms with Crippen molar-refractivity contribution in [3.05, 3.63) is 29.6 Å². The van der Waals surface area contributed by atoms with Crippen LogP contribution in [0.4, 0.5) is 13.2 Å². The van der Waals surface area contributed by atoms with E-state index in [1.165, 1.54) is 18.2 Å². The molecule has 9 heteroatoms. The largest absolute Gasteiger partial charge is 0.434 e. The Morgan fingerprint density at radius 1 is 1.41 bits per heavy atom. The zero-order valence-electron chi connectivity index (χ0n) is 15.3. The summed E-state index contributed by atoms with van der Waals surface area (Å²) >= 11 is 0. The molecule has 0 saturated carbocycles. The monoisotopic (exact) mass is 389 g/mol. The van der Waals surface area contributed by atoms with E-state index < -0.39 is 12.4 Å². The number of alkyl halides is 2. The summed E-state index contributed by atoms with van der Waals surface area (Å²) in [5.74, 6) is -0.466. The summed E-state index contributed by atoms with van der Waals surface area (Å²) < 4.78 is 48.9. The molecule has 152 valence electrons. The summed E-state index contributed by atoms with van der Waals surface area (Å²) in [4.78, 5) is 4.29. The van der Waals surface area contributed by atoms with Crippen LogP contribution in [-0.2, 0) is 11.3 Å². The van der Waals surface area contributed by atoms with Gasteiger partial charge in [0, 0.05) is 31.7 Å². The van der Waals surface area contributed by atoms with Gasteiger partial charge in [0.1, 0.15) is 11.6 Å². The van der Waals surface area contributed by atoms with Crippen LogP contribution >= 0.6 is 0 Å². The van der Waals surface area contributed by atoms with Gasteiger partial charge in [-0.2, -0.15) is 8.78 Å². The molecule has 0 aliphatic carbocycles. The first-order valence-electron chi connectivity index (χ1n) is 8.92. The maximum atomic E-state index is 14.1. The Labute approximate surface area is 156 Å². The van der Waals surface area contributed by atoms with Crippen molar-refractivity contribution < 1.29 is 27.8 Å². The van der Waals surface area contributed by atoms with Crippen LogP contribution in [0.15, 0.2) is 23.2 Å². The molecule has 0 amide bonds. The highest BCUT2D eigenvalue weighted by molar-refractivity contribution is 5.79. The summed E-state index contributed by atoms with van der Waals surface area (Å²) in [7, 11) is 0. The molecule has 27 heavy (non-hydrogen) atoms. The van der Waals surface area contributed by atoms with Crippen molar-refractivity contribution in [3.63, 3.8) is 0 Å². The van der Waals surface area contributed by atoms with Gasteiger partial charge in [0.2, 0.25) is 0 Å². The smallest absolute Gasteiger partial charge is 0.387 e. The van der Waals surface area contributed by atoms with Crippen LogP contribution in [0.25, 0.3) is 0 Å². The molecule has 1 heterocycles. The second-order valence-corrected chi connectivity index (χ2v) is 6.42. The molecule has 1 saturated heterocycles. The fraction of sp³-hybridized carbons (Fsp3) is 0.611. The van der Waals surface area contributed by atoms with E-state index in [9.17, 15) is 18.3 Å². The third-order valence-electron chi connectivity index (χ3n) is 4.49. The van der Waals surface area contributed by atoms with Gasteiger partial charge in [0.15, 0.2) is 5.96 Å². The lowest BCUT2D eigenvalue weighted by molar-refractivity contribution is -0.0506. The number of aliphatic hydroxyl groups is 1. The molecule has 1 aromatic carbocycles. The number of guanidine groups is 1. The number of nitrogens with zero attached hydrogens (tertiary/aromatic N) is 1. The van der Waals surface area contributed by atoms with Crippen molar-refractivity contribution in [2.75, 3.05) is 32.9 Å². The van der Waals surface area contributed by atoms with E-state index in [-0.39, 0.29) is 29.9 Å². The van der Waals surface area contributed by atoms with Crippen molar-refractivity contribution in [1.82, 2.24) is 10.6 Å². The Morgan fingerprint density at radius 2 is 2.22 bits per heavy atom. The number of hydrogen-bond donors (Lipinski definition) is 3. The molecule has 0 spiro atoms. The fourth-order valence-corrected chi connectivity index (χ4v) is 2.98. The maximum Gasteiger partial charge on any atom is 0.387 e. The zero-order valence-corrected chi connectivity index (χ0v) is 15.3. The van der Waals surface area contributed by atoms with Crippen molar-refractivity contribution in [2.24, 2.45) is 10.4 Å². The lowest BCUT2D eigenvalue weighted by Crippen LogP contribution is -2.44. The summed E-state index contributed by atoms with van der Waals surface area (Å²) in [5.41, 5.74) is -0.225. The van der Waals surface area contributed by atoms with Crippen LogP contribution in [0.5, 0.6) is 5.75 Å². The maximum absolute atomic E-state index is 14.1. The quantitative estimate of drug-likeness (QED) is 0.446. The molecule has 1 unspecified atom stereocenters. The lowest BCUT2D eigenvalue weighted by Gasteiger charge is -2.27. The van der Waals surface area contributed by atoms with Crippen LogP contribution in [0.2, 0.25) is 0 Å². The number of benzene rings is 1. The van der Waals surface area contributed by atoms with Gasteiger partial charge < -0.3 is 25.2 Å². The van der Waals surface area contributed by atoms with E-state index >= 15 is 0 Å². The highest BCUT2D eigenvalue weighted by Gasteiger charge is 2.34. The van der Waals surface area contributed by atoms with Gasteiger partial charge in [0.25, 0.3) is 0 Å². The van der Waals surface area contributed by atoms with Gasteiger partial charge in [-0.3, -0.25) is 0 Å². The standard InChI is InChI=1S/C18H26F3N3O3/c1-2-22-17(24-11-18(6-8-25)7-9-26-12-18)23-10-13-14(19)4-3-5-15(13)27-16(20)21/h3-5,16,25H,2,6-12H2,1H3,(H2,22,23,24). The molecule has 6 nitrogen and oxygen atoms in total. The summed E-state index contributed by atoms with van der Waals surface area (Å²) in [6, 6.07) is 3.77. The van der Waals surface area contributed by atoms with E-state index in [0.29, 0.717) is 38.7 Å². The number of rotatable bonds is 9. The first-order valence-corrected chi connectivity index (χ1v) is 8.92. The van der Waals surface area contributed by atoms with Gasteiger partial charge in [-0.05, 0) is 31.9 Å². The van der Waals surface area contributed by atoms with E-state index in [0.717, 1.165) is 6.42 Å². The molecule has 3 N–H and O–H groups in total. The van der Waals surface area contributed by atoms with Crippen LogP contribution in [0.3, 0.4) is 0 Å². The molecule has 1 fully saturated rings. The van der Waals surface area contributed by atoms with Gasteiger partial charge in [-0.25, -0.2) is 9.38 Å². The Morgan fingerprint density at radius 3 is 2.85 bits per heavy atom. The van der Waals surface area contributed by atoms with Crippen molar-refractivity contribution in [1.29, 1.82) is 0 Å². The number of hydrogen-bond acceptors (Lipinski definition) is 4. The van der Waals surface area contributed by atoms with Gasteiger partial charge in [-0.15, -0.1) is 0 Å². The molecule has 1 aliphatic rings.